The highest BCUT2D eigenvalue weighted by atomic mass is 35.5. The van der Waals surface area contributed by atoms with Gasteiger partial charge in [-0.25, -0.2) is 15.0 Å². The largest absolute Gasteiger partial charge is 0.383 e. The van der Waals surface area contributed by atoms with Crippen molar-refractivity contribution in [2.75, 3.05) is 24.6 Å². The van der Waals surface area contributed by atoms with E-state index < -0.39 is 0 Å². The number of benzene rings is 1. The average molecular weight is 509 g/mol. The number of carbonyl (C=O) groups is 2. The third-order valence-corrected chi connectivity index (χ3v) is 7.64. The molecule has 2 fully saturated rings. The van der Waals surface area contributed by atoms with Crippen LogP contribution in [0.5, 0.6) is 0 Å². The van der Waals surface area contributed by atoms with Crippen LogP contribution in [-0.4, -0.2) is 54.7 Å². The molecule has 1 spiro atoms. The van der Waals surface area contributed by atoms with Crippen molar-refractivity contribution in [2.45, 2.75) is 51.6 Å². The number of ketones is 1. The molecule has 10 nitrogen and oxygen atoms in total. The highest BCUT2D eigenvalue weighted by molar-refractivity contribution is 6.31. The van der Waals surface area contributed by atoms with Gasteiger partial charge in [0.15, 0.2) is 22.5 Å². The molecule has 0 atom stereocenters. The zero-order valence-corrected chi connectivity index (χ0v) is 21.1. The van der Waals surface area contributed by atoms with Gasteiger partial charge in [-0.1, -0.05) is 11.6 Å². The van der Waals surface area contributed by atoms with Gasteiger partial charge in [0.05, 0.1) is 17.4 Å². The van der Waals surface area contributed by atoms with Crippen LogP contribution in [-0.2, 0) is 11.3 Å². The van der Waals surface area contributed by atoms with Crippen LogP contribution in [0.15, 0.2) is 30.2 Å². The van der Waals surface area contributed by atoms with Crippen molar-refractivity contribution in [3.05, 3.63) is 52.2 Å². The Balaban J connectivity index is 1.21. The van der Waals surface area contributed by atoms with Gasteiger partial charge < -0.3 is 26.3 Å². The van der Waals surface area contributed by atoms with E-state index >= 15 is 0 Å². The Labute approximate surface area is 213 Å². The van der Waals surface area contributed by atoms with Gasteiger partial charge in [0.1, 0.15) is 6.54 Å². The fourth-order valence-electron chi connectivity index (χ4n) is 5.04. The number of imidazole rings is 1. The highest BCUT2D eigenvalue weighted by Crippen LogP contribution is 2.35. The van der Waals surface area contributed by atoms with Crippen LogP contribution in [0.1, 0.15) is 47.3 Å². The van der Waals surface area contributed by atoms with E-state index in [-0.39, 0.29) is 46.3 Å². The number of fused-ring (bicyclic) bond motifs is 1. The Morgan fingerprint density at radius 3 is 2.58 bits per heavy atom. The van der Waals surface area contributed by atoms with Gasteiger partial charge in [-0.15, -0.1) is 0 Å². The van der Waals surface area contributed by atoms with Crippen LogP contribution in [0.3, 0.4) is 0 Å². The van der Waals surface area contributed by atoms with E-state index in [4.69, 9.17) is 23.1 Å². The maximum Gasteiger partial charge on any atom is 0.242 e. The zero-order chi connectivity index (χ0) is 25.6. The summed E-state index contributed by atoms with van der Waals surface area (Å²) in [6, 6.07) is 4.14. The second kappa shape index (κ2) is 9.09. The summed E-state index contributed by atoms with van der Waals surface area (Å²) in [5, 5.41) is 3.49. The molecule has 1 aromatic carbocycles. The number of nitrogens with two attached hydrogens (primary N) is 2. The first-order valence-electron chi connectivity index (χ1n) is 12.0. The maximum atomic E-state index is 13.1. The highest BCUT2D eigenvalue weighted by Gasteiger charge is 2.40. The number of rotatable bonds is 4. The van der Waals surface area contributed by atoms with Crippen LogP contribution in [0.2, 0.25) is 5.15 Å². The van der Waals surface area contributed by atoms with Crippen molar-refractivity contribution in [1.82, 2.24) is 29.7 Å². The Kier molecular flexibility index (Phi) is 6.07. The zero-order valence-electron chi connectivity index (χ0n) is 20.3. The number of allylic oxidation sites excluding steroid dienone is 2. The van der Waals surface area contributed by atoms with Crippen molar-refractivity contribution in [3.8, 4) is 0 Å². The average Bonchev–Trinajstić information content (AvgIpc) is 3.40. The molecule has 2 aliphatic heterocycles. The van der Waals surface area contributed by atoms with Crippen molar-refractivity contribution in [2.24, 2.45) is 0 Å². The molecule has 11 heteroatoms. The van der Waals surface area contributed by atoms with Gasteiger partial charge in [-0.05, 0) is 62.8 Å². The monoisotopic (exact) mass is 508 g/mol. The summed E-state index contributed by atoms with van der Waals surface area (Å²) >= 11 is 5.91. The fourth-order valence-corrected chi connectivity index (χ4v) is 5.17. The third-order valence-electron chi connectivity index (χ3n) is 7.36. The smallest absolute Gasteiger partial charge is 0.242 e. The summed E-state index contributed by atoms with van der Waals surface area (Å²) < 4.78 is 1.92. The predicted molar refractivity (Wildman–Crippen MR) is 138 cm³/mol. The molecule has 0 aliphatic carbocycles. The quantitative estimate of drug-likeness (QED) is 0.360. The molecule has 2 aromatic heterocycles. The number of aromatic nitrogens is 4. The number of hydrogen-bond donors (Lipinski definition) is 3. The summed E-state index contributed by atoms with van der Waals surface area (Å²) in [7, 11) is 0. The van der Waals surface area contributed by atoms with E-state index in [0.29, 0.717) is 13.1 Å². The van der Waals surface area contributed by atoms with E-state index in [0.717, 1.165) is 42.4 Å². The molecule has 0 bridgehead atoms. The molecule has 36 heavy (non-hydrogen) atoms. The molecule has 0 unspecified atom stereocenters. The van der Waals surface area contributed by atoms with E-state index in [1.807, 2.05) is 9.47 Å². The minimum Gasteiger partial charge on any atom is -0.383 e. The molecule has 2 saturated heterocycles. The third kappa shape index (κ3) is 4.48. The first kappa shape index (κ1) is 24.1. The Bertz CT molecular complexity index is 1400. The first-order valence-corrected chi connectivity index (χ1v) is 12.3. The molecular formula is C25H29ClN8O2. The molecule has 3 aromatic rings. The number of nitrogen functional groups attached to an aromatic ring is 2. The number of halogens is 1. The van der Waals surface area contributed by atoms with Crippen LogP contribution < -0.4 is 16.8 Å². The topological polar surface area (TPSA) is 145 Å². The normalized spacial score (nSPS) is 18.2. The van der Waals surface area contributed by atoms with Gasteiger partial charge in [0, 0.05) is 30.4 Å². The number of anilines is 2. The lowest BCUT2D eigenvalue weighted by Crippen LogP contribution is -2.51. The van der Waals surface area contributed by atoms with E-state index in [1.54, 1.807) is 6.33 Å². The lowest BCUT2D eigenvalue weighted by atomic mass is 9.86. The number of aryl methyl sites for hydroxylation is 2. The Morgan fingerprint density at radius 2 is 1.83 bits per heavy atom. The van der Waals surface area contributed by atoms with Gasteiger partial charge in [-0.3, -0.25) is 9.59 Å². The molecular weight excluding hydrogens is 480 g/mol. The summed E-state index contributed by atoms with van der Waals surface area (Å²) in [6.07, 6.45) is 6.49. The second-order valence-corrected chi connectivity index (χ2v) is 10.1. The summed E-state index contributed by atoms with van der Waals surface area (Å²) in [5.74, 6) is -0.342. The molecule has 0 saturated carbocycles. The van der Waals surface area contributed by atoms with Crippen LogP contribution in [0.25, 0.3) is 11.0 Å². The van der Waals surface area contributed by atoms with Crippen molar-refractivity contribution in [1.29, 1.82) is 0 Å². The molecule has 5 N–H and O–H groups in total. The van der Waals surface area contributed by atoms with E-state index in [1.165, 1.54) is 17.2 Å². The van der Waals surface area contributed by atoms with Crippen molar-refractivity contribution < 1.29 is 9.59 Å². The van der Waals surface area contributed by atoms with Gasteiger partial charge in [0.25, 0.3) is 0 Å². The standard InChI is InChI=1S/C25H29ClN8O2/c1-14-9-17-18(10-15(14)2)34(13-29-17)12-20(36)33-7-5-25(6-8-33)4-3-16(32-25)11-19(35)21-23(27)31-24(28)22(26)30-21/h9-11,13,32H,3-8,12H2,1-2H3,(H4,27,28,31)/b16-11+. The lowest BCUT2D eigenvalue weighted by molar-refractivity contribution is -0.133. The van der Waals surface area contributed by atoms with Gasteiger partial charge >= 0.3 is 0 Å². The number of nitrogens with one attached hydrogen (secondary N) is 1. The molecule has 188 valence electrons. The minimum atomic E-state index is -0.368. The fraction of sp³-hybridized carbons (Fsp3) is 0.400. The Hall–Kier alpha value is -3.66. The number of amides is 1. The molecule has 4 heterocycles. The summed E-state index contributed by atoms with van der Waals surface area (Å²) in [4.78, 5) is 40.0. The number of likely N-dealkylation sites (tertiary alicyclic amines) is 1. The lowest BCUT2D eigenvalue weighted by Gasteiger charge is -2.39. The minimum absolute atomic E-state index is 0.0101. The molecule has 2 aliphatic rings. The van der Waals surface area contributed by atoms with Crippen molar-refractivity contribution in [3.63, 3.8) is 0 Å². The number of piperidine rings is 1. The summed E-state index contributed by atoms with van der Waals surface area (Å²) in [5.41, 5.74) is 16.3. The van der Waals surface area contributed by atoms with Gasteiger partial charge in [0.2, 0.25) is 11.7 Å². The number of nitrogens with zero attached hydrogens (tertiary/aromatic N) is 5. The number of hydrogen-bond acceptors (Lipinski definition) is 8. The number of carbonyl (C=O) groups excluding carboxylic acids is 2. The SMILES string of the molecule is Cc1cc2ncn(CC(=O)N3CCC4(CC/C(=C\C(=O)c5nc(Cl)c(N)nc5N)N4)CC3)c2cc1C. The van der Waals surface area contributed by atoms with E-state index in [2.05, 4.69) is 46.2 Å². The van der Waals surface area contributed by atoms with Crippen LogP contribution >= 0.6 is 11.6 Å². The summed E-state index contributed by atoms with van der Waals surface area (Å²) in [6.45, 7) is 5.71. The molecule has 0 radical (unpaired) electrons. The van der Waals surface area contributed by atoms with Gasteiger partial charge in [-0.2, -0.15) is 0 Å². The molecule has 1 amide bonds. The van der Waals surface area contributed by atoms with Crippen LogP contribution in [0.4, 0.5) is 11.6 Å². The van der Waals surface area contributed by atoms with E-state index in [9.17, 15) is 9.59 Å². The maximum absolute atomic E-state index is 13.1. The molecule has 5 rings (SSSR count). The van der Waals surface area contributed by atoms with Crippen molar-refractivity contribution >= 4 is 46.0 Å². The first-order chi connectivity index (χ1) is 17.1. The van der Waals surface area contributed by atoms with Crippen LogP contribution in [0, 0.1) is 13.8 Å². The second-order valence-electron chi connectivity index (χ2n) is 9.75. The Morgan fingerprint density at radius 1 is 1.11 bits per heavy atom. The predicted octanol–water partition coefficient (Wildman–Crippen LogP) is 2.77.